The van der Waals surface area contributed by atoms with E-state index in [1.165, 1.54) is 6.07 Å². The van der Waals surface area contributed by atoms with Gasteiger partial charge in [0.25, 0.3) is 0 Å². The van der Waals surface area contributed by atoms with E-state index in [9.17, 15) is 13.6 Å². The summed E-state index contributed by atoms with van der Waals surface area (Å²) in [6.45, 7) is 1.09. The van der Waals surface area contributed by atoms with Crippen LogP contribution in [0.1, 0.15) is 5.56 Å². The smallest absolute Gasteiger partial charge is 0.227 e. The molecule has 0 atom stereocenters. The standard InChI is InChI=1S/C12H13F2NO2/c13-10-2-1-9(11(14)4-10)3-12(17)15-5-8(6-15)7-16/h1-2,4,8,16H,3,5-7H2. The summed E-state index contributed by atoms with van der Waals surface area (Å²) in [5.74, 6) is -1.40. The molecule has 1 aromatic rings. The van der Waals surface area contributed by atoms with Crippen molar-refractivity contribution in [3.63, 3.8) is 0 Å². The van der Waals surface area contributed by atoms with Crippen LogP contribution < -0.4 is 0 Å². The van der Waals surface area contributed by atoms with Crippen molar-refractivity contribution in [1.82, 2.24) is 4.90 Å². The van der Waals surface area contributed by atoms with Gasteiger partial charge in [0.15, 0.2) is 0 Å². The van der Waals surface area contributed by atoms with Gasteiger partial charge >= 0.3 is 0 Å². The van der Waals surface area contributed by atoms with Crippen molar-refractivity contribution in [2.75, 3.05) is 19.7 Å². The number of aliphatic hydroxyl groups is 1. The number of carbonyl (C=O) groups is 1. The highest BCUT2D eigenvalue weighted by molar-refractivity contribution is 5.79. The number of carbonyl (C=O) groups excluding carboxylic acids is 1. The van der Waals surface area contributed by atoms with Crippen molar-refractivity contribution < 1.29 is 18.7 Å². The van der Waals surface area contributed by atoms with Gasteiger partial charge in [-0.25, -0.2) is 8.78 Å². The zero-order chi connectivity index (χ0) is 12.4. The second-order valence-corrected chi connectivity index (χ2v) is 4.26. The fraction of sp³-hybridized carbons (Fsp3) is 0.417. The van der Waals surface area contributed by atoms with Gasteiger partial charge in [0.05, 0.1) is 6.42 Å². The minimum absolute atomic E-state index is 0.0642. The molecule has 0 radical (unpaired) electrons. The van der Waals surface area contributed by atoms with Gasteiger partial charge in [0.2, 0.25) is 5.91 Å². The summed E-state index contributed by atoms with van der Waals surface area (Å²) in [6.07, 6.45) is -0.0652. The second-order valence-electron chi connectivity index (χ2n) is 4.26. The minimum atomic E-state index is -0.697. The average molecular weight is 241 g/mol. The van der Waals surface area contributed by atoms with Crippen LogP contribution in [0.5, 0.6) is 0 Å². The Bertz CT molecular complexity index is 431. The predicted molar refractivity (Wildman–Crippen MR) is 57.2 cm³/mol. The number of likely N-dealkylation sites (tertiary alicyclic amines) is 1. The van der Waals surface area contributed by atoms with Crippen molar-refractivity contribution in [3.05, 3.63) is 35.4 Å². The summed E-state index contributed by atoms with van der Waals surface area (Å²) in [4.78, 5) is 13.2. The Morgan fingerprint density at radius 1 is 1.41 bits per heavy atom. The Balaban J connectivity index is 1.95. The molecule has 1 amide bonds. The number of halogens is 2. The first-order valence-corrected chi connectivity index (χ1v) is 5.42. The Hall–Kier alpha value is -1.49. The largest absolute Gasteiger partial charge is 0.396 e. The van der Waals surface area contributed by atoms with Crippen LogP contribution in [0.2, 0.25) is 0 Å². The van der Waals surface area contributed by atoms with E-state index in [0.29, 0.717) is 13.1 Å². The van der Waals surface area contributed by atoms with Crippen molar-refractivity contribution in [3.8, 4) is 0 Å². The number of nitrogens with zero attached hydrogens (tertiary/aromatic N) is 1. The molecule has 1 heterocycles. The monoisotopic (exact) mass is 241 g/mol. The summed E-state index contributed by atoms with van der Waals surface area (Å²) >= 11 is 0. The molecular formula is C12H13F2NO2. The Kier molecular flexibility index (Phi) is 3.38. The lowest BCUT2D eigenvalue weighted by atomic mass is 10.00. The molecule has 17 heavy (non-hydrogen) atoms. The third kappa shape index (κ3) is 2.61. The fourth-order valence-electron chi connectivity index (χ4n) is 1.83. The van der Waals surface area contributed by atoms with Crippen LogP contribution in [-0.4, -0.2) is 35.6 Å². The van der Waals surface area contributed by atoms with Crippen LogP contribution >= 0.6 is 0 Å². The number of hydrogen-bond acceptors (Lipinski definition) is 2. The summed E-state index contributed by atoms with van der Waals surface area (Å²) in [5, 5.41) is 8.81. The van der Waals surface area contributed by atoms with Gasteiger partial charge in [-0.05, 0) is 11.6 Å². The quantitative estimate of drug-likeness (QED) is 0.856. The van der Waals surface area contributed by atoms with Crippen LogP contribution in [0.3, 0.4) is 0 Å². The number of amides is 1. The molecule has 0 unspecified atom stereocenters. The van der Waals surface area contributed by atoms with Gasteiger partial charge < -0.3 is 10.0 Å². The third-order valence-electron chi connectivity index (χ3n) is 2.92. The predicted octanol–water partition coefficient (Wildman–Crippen LogP) is 0.958. The highest BCUT2D eigenvalue weighted by atomic mass is 19.1. The molecule has 0 saturated carbocycles. The van der Waals surface area contributed by atoms with E-state index in [4.69, 9.17) is 5.11 Å². The molecule has 1 fully saturated rings. The topological polar surface area (TPSA) is 40.5 Å². The van der Waals surface area contributed by atoms with E-state index < -0.39 is 11.6 Å². The number of rotatable bonds is 3. The number of aliphatic hydroxyl groups excluding tert-OH is 1. The van der Waals surface area contributed by atoms with Crippen LogP contribution in [-0.2, 0) is 11.2 Å². The first kappa shape index (κ1) is 12.0. The molecule has 5 heteroatoms. The molecule has 2 rings (SSSR count). The maximum absolute atomic E-state index is 13.3. The van der Waals surface area contributed by atoms with Crippen molar-refractivity contribution in [1.29, 1.82) is 0 Å². The molecule has 1 aromatic carbocycles. The Morgan fingerprint density at radius 3 is 2.71 bits per heavy atom. The second kappa shape index (κ2) is 4.79. The molecule has 0 spiro atoms. The summed E-state index contributed by atoms with van der Waals surface area (Å²) in [7, 11) is 0. The highest BCUT2D eigenvalue weighted by Gasteiger charge is 2.29. The first-order chi connectivity index (χ1) is 8.10. The van der Waals surface area contributed by atoms with Gasteiger partial charge in [-0.3, -0.25) is 4.79 Å². The summed E-state index contributed by atoms with van der Waals surface area (Å²) < 4.78 is 25.9. The lowest BCUT2D eigenvalue weighted by Gasteiger charge is -2.38. The van der Waals surface area contributed by atoms with E-state index in [1.807, 2.05) is 0 Å². The molecule has 92 valence electrons. The maximum Gasteiger partial charge on any atom is 0.227 e. The molecule has 0 aromatic heterocycles. The van der Waals surface area contributed by atoms with Gasteiger partial charge in [-0.2, -0.15) is 0 Å². The van der Waals surface area contributed by atoms with Gasteiger partial charge in [0.1, 0.15) is 11.6 Å². The Labute approximate surface area is 97.7 Å². The maximum atomic E-state index is 13.3. The number of benzene rings is 1. The molecule has 3 nitrogen and oxygen atoms in total. The van der Waals surface area contributed by atoms with Gasteiger partial charge in [-0.15, -0.1) is 0 Å². The molecule has 1 N–H and O–H groups in total. The van der Waals surface area contributed by atoms with E-state index in [0.717, 1.165) is 12.1 Å². The van der Waals surface area contributed by atoms with E-state index in [2.05, 4.69) is 0 Å². The normalized spacial score (nSPS) is 15.8. The van der Waals surface area contributed by atoms with Gasteiger partial charge in [0, 0.05) is 31.7 Å². The summed E-state index contributed by atoms with van der Waals surface area (Å²) in [6, 6.07) is 3.19. The van der Waals surface area contributed by atoms with Crippen LogP contribution in [0.25, 0.3) is 0 Å². The molecule has 1 aliphatic rings. The fourth-order valence-corrected chi connectivity index (χ4v) is 1.83. The van der Waals surface area contributed by atoms with E-state index in [-0.39, 0.29) is 30.4 Å². The first-order valence-electron chi connectivity index (χ1n) is 5.42. The molecule has 1 aliphatic heterocycles. The van der Waals surface area contributed by atoms with Crippen LogP contribution in [0, 0.1) is 17.6 Å². The SMILES string of the molecule is O=C(Cc1ccc(F)cc1F)N1CC(CO)C1. The van der Waals surface area contributed by atoms with Crippen molar-refractivity contribution in [2.45, 2.75) is 6.42 Å². The molecule has 0 aliphatic carbocycles. The highest BCUT2D eigenvalue weighted by Crippen LogP contribution is 2.17. The lowest BCUT2D eigenvalue weighted by molar-refractivity contribution is -0.137. The number of hydrogen-bond donors (Lipinski definition) is 1. The van der Waals surface area contributed by atoms with Gasteiger partial charge in [-0.1, -0.05) is 6.07 Å². The van der Waals surface area contributed by atoms with E-state index >= 15 is 0 Å². The van der Waals surface area contributed by atoms with Crippen LogP contribution in [0.4, 0.5) is 8.78 Å². The molecule has 1 saturated heterocycles. The lowest BCUT2D eigenvalue weighted by Crippen LogP contribution is -2.51. The van der Waals surface area contributed by atoms with Crippen molar-refractivity contribution >= 4 is 5.91 Å². The zero-order valence-corrected chi connectivity index (χ0v) is 9.20. The van der Waals surface area contributed by atoms with E-state index in [1.54, 1.807) is 4.90 Å². The zero-order valence-electron chi connectivity index (χ0n) is 9.20. The third-order valence-corrected chi connectivity index (χ3v) is 2.92. The van der Waals surface area contributed by atoms with Crippen molar-refractivity contribution in [2.24, 2.45) is 5.92 Å². The minimum Gasteiger partial charge on any atom is -0.396 e. The molecular weight excluding hydrogens is 228 g/mol. The Morgan fingerprint density at radius 2 is 2.12 bits per heavy atom. The van der Waals surface area contributed by atoms with Crippen LogP contribution in [0.15, 0.2) is 18.2 Å². The molecule has 0 bridgehead atoms. The summed E-state index contributed by atoms with van der Waals surface area (Å²) in [5.41, 5.74) is 0.198. The average Bonchev–Trinajstić information content (AvgIpc) is 2.21.